The Balaban J connectivity index is 3.10. The summed E-state index contributed by atoms with van der Waals surface area (Å²) in [6.07, 6.45) is -17.3. The van der Waals surface area contributed by atoms with E-state index in [1.54, 1.807) is 0 Å². The van der Waals surface area contributed by atoms with Crippen LogP contribution in [-0.2, 0) is 11.2 Å². The Bertz CT molecular complexity index is 546. The molecule has 1 unspecified atom stereocenters. The summed E-state index contributed by atoms with van der Waals surface area (Å²) < 4.78 is 104. The number of carboxylic acid groups (broad SMARTS) is 1. The SMILES string of the molecule is O=C(O)Cc1cc(F)c(OC(F)(F)C(F)C(F)(F)F)c(F)c1. The zero-order chi connectivity index (χ0) is 17.3. The first-order valence-electron chi connectivity index (χ1n) is 5.32. The number of halogens is 8. The van der Waals surface area contributed by atoms with Crippen molar-refractivity contribution in [1.82, 2.24) is 0 Å². The van der Waals surface area contributed by atoms with Gasteiger partial charge in [-0.3, -0.25) is 4.79 Å². The highest BCUT2D eigenvalue weighted by atomic mass is 19.4. The quantitative estimate of drug-likeness (QED) is 0.837. The van der Waals surface area contributed by atoms with E-state index in [0.29, 0.717) is 0 Å². The predicted molar refractivity (Wildman–Crippen MR) is 54.2 cm³/mol. The van der Waals surface area contributed by atoms with Crippen molar-refractivity contribution in [2.24, 2.45) is 0 Å². The summed E-state index contributed by atoms with van der Waals surface area (Å²) in [5, 5.41) is 8.40. The molecule has 11 heteroatoms. The van der Waals surface area contributed by atoms with Gasteiger partial charge < -0.3 is 9.84 Å². The molecular formula is C11H6F8O3. The molecule has 0 radical (unpaired) electrons. The maximum atomic E-state index is 13.4. The Hall–Kier alpha value is -2.07. The molecule has 1 rings (SSSR count). The molecule has 0 aliphatic heterocycles. The van der Waals surface area contributed by atoms with Crippen molar-refractivity contribution in [3.63, 3.8) is 0 Å². The first-order valence-corrected chi connectivity index (χ1v) is 5.32. The van der Waals surface area contributed by atoms with Crippen LogP contribution >= 0.6 is 0 Å². The maximum Gasteiger partial charge on any atom is 0.439 e. The number of carboxylic acids is 1. The largest absolute Gasteiger partial charge is 0.481 e. The maximum absolute atomic E-state index is 13.4. The summed E-state index contributed by atoms with van der Waals surface area (Å²) >= 11 is 0. The van der Waals surface area contributed by atoms with Gasteiger partial charge in [-0.25, -0.2) is 13.2 Å². The van der Waals surface area contributed by atoms with Crippen LogP contribution in [0.4, 0.5) is 35.1 Å². The number of rotatable bonds is 5. The second-order valence-corrected chi connectivity index (χ2v) is 4.03. The zero-order valence-electron chi connectivity index (χ0n) is 10.2. The highest BCUT2D eigenvalue weighted by Gasteiger charge is 2.59. The molecule has 0 amide bonds. The molecule has 0 heterocycles. The molecule has 1 N–H and O–H groups in total. The third kappa shape index (κ3) is 4.21. The van der Waals surface area contributed by atoms with E-state index in [1.165, 1.54) is 0 Å². The Labute approximate surface area is 117 Å². The van der Waals surface area contributed by atoms with Gasteiger partial charge in [-0.15, -0.1) is 0 Å². The molecule has 1 aromatic rings. The summed E-state index contributed by atoms with van der Waals surface area (Å²) in [4.78, 5) is 10.3. The third-order valence-electron chi connectivity index (χ3n) is 2.23. The lowest BCUT2D eigenvalue weighted by molar-refractivity contribution is -0.306. The van der Waals surface area contributed by atoms with E-state index >= 15 is 0 Å². The van der Waals surface area contributed by atoms with Crippen molar-refractivity contribution in [1.29, 1.82) is 0 Å². The van der Waals surface area contributed by atoms with Crippen LogP contribution in [0.3, 0.4) is 0 Å². The van der Waals surface area contributed by atoms with Crippen LogP contribution in [0, 0.1) is 11.6 Å². The number of hydrogen-bond acceptors (Lipinski definition) is 2. The highest BCUT2D eigenvalue weighted by Crippen LogP contribution is 2.38. The smallest absolute Gasteiger partial charge is 0.439 e. The monoisotopic (exact) mass is 338 g/mol. The molecule has 0 saturated carbocycles. The molecular weight excluding hydrogens is 332 g/mol. The van der Waals surface area contributed by atoms with E-state index in [2.05, 4.69) is 4.74 Å². The van der Waals surface area contributed by atoms with E-state index in [1.807, 2.05) is 0 Å². The Morgan fingerprint density at radius 2 is 1.59 bits per heavy atom. The van der Waals surface area contributed by atoms with Gasteiger partial charge in [0.15, 0.2) is 17.4 Å². The summed E-state index contributed by atoms with van der Waals surface area (Å²) in [5.41, 5.74) is -0.495. The topological polar surface area (TPSA) is 46.5 Å². The minimum atomic E-state index is -6.01. The molecule has 0 bridgehead atoms. The summed E-state index contributed by atoms with van der Waals surface area (Å²) in [7, 11) is 0. The van der Waals surface area contributed by atoms with Gasteiger partial charge in [0.2, 0.25) is 0 Å². The number of benzene rings is 1. The Morgan fingerprint density at radius 3 is 1.95 bits per heavy atom. The van der Waals surface area contributed by atoms with Crippen molar-refractivity contribution in [2.45, 2.75) is 24.9 Å². The van der Waals surface area contributed by atoms with Crippen LogP contribution in [0.25, 0.3) is 0 Å². The zero-order valence-corrected chi connectivity index (χ0v) is 10.2. The van der Waals surface area contributed by atoms with Gasteiger partial charge in [-0.05, 0) is 17.7 Å². The third-order valence-corrected chi connectivity index (χ3v) is 2.23. The standard InChI is InChI=1S/C11H6F8O3/c12-5-1-4(3-7(20)21)2-6(13)8(5)22-11(18,19)9(14)10(15,16)17/h1-2,9H,3H2,(H,20,21). The Morgan fingerprint density at radius 1 is 1.14 bits per heavy atom. The highest BCUT2D eigenvalue weighted by molar-refractivity contribution is 5.70. The van der Waals surface area contributed by atoms with E-state index < -0.39 is 53.8 Å². The fourth-order valence-electron chi connectivity index (χ4n) is 1.36. The van der Waals surface area contributed by atoms with Crippen LogP contribution in [0.5, 0.6) is 5.75 Å². The van der Waals surface area contributed by atoms with E-state index in [0.717, 1.165) is 0 Å². The predicted octanol–water partition coefficient (Wildman–Crippen LogP) is 3.46. The van der Waals surface area contributed by atoms with Gasteiger partial charge in [-0.1, -0.05) is 0 Å². The summed E-state index contributed by atoms with van der Waals surface area (Å²) in [6, 6.07) is 0.535. The molecule has 0 saturated heterocycles. The number of alkyl halides is 6. The van der Waals surface area contributed by atoms with Crippen molar-refractivity contribution < 1.29 is 49.8 Å². The molecule has 0 aromatic heterocycles. The minimum absolute atomic E-state index is 0.267. The van der Waals surface area contributed by atoms with E-state index in [4.69, 9.17) is 5.11 Å². The molecule has 124 valence electrons. The second-order valence-electron chi connectivity index (χ2n) is 4.03. The van der Waals surface area contributed by atoms with Crippen LogP contribution < -0.4 is 4.74 Å². The molecule has 0 spiro atoms. The first-order chi connectivity index (χ1) is 9.84. The Kier molecular flexibility index (Phi) is 4.88. The average molecular weight is 338 g/mol. The average Bonchev–Trinajstić information content (AvgIpc) is 2.31. The lowest BCUT2D eigenvalue weighted by Gasteiger charge is -2.23. The van der Waals surface area contributed by atoms with Gasteiger partial charge in [0.1, 0.15) is 0 Å². The first kappa shape index (κ1) is 18.0. The van der Waals surface area contributed by atoms with Crippen LogP contribution in [0.15, 0.2) is 12.1 Å². The van der Waals surface area contributed by atoms with Crippen molar-refractivity contribution in [2.75, 3.05) is 0 Å². The van der Waals surface area contributed by atoms with E-state index in [-0.39, 0.29) is 12.1 Å². The van der Waals surface area contributed by atoms with Crippen LogP contribution in [-0.4, -0.2) is 29.5 Å². The van der Waals surface area contributed by atoms with Gasteiger partial charge in [0.05, 0.1) is 6.42 Å². The molecule has 22 heavy (non-hydrogen) atoms. The number of aliphatic carboxylic acids is 1. The summed E-state index contributed by atoms with van der Waals surface area (Å²) in [6.45, 7) is 0. The van der Waals surface area contributed by atoms with E-state index in [9.17, 15) is 39.9 Å². The van der Waals surface area contributed by atoms with Crippen molar-refractivity contribution >= 4 is 5.97 Å². The molecule has 1 atom stereocenters. The number of carbonyl (C=O) groups is 1. The minimum Gasteiger partial charge on any atom is -0.481 e. The molecule has 0 fully saturated rings. The fourth-order valence-corrected chi connectivity index (χ4v) is 1.36. The second kappa shape index (κ2) is 5.97. The normalized spacial score (nSPS) is 13.8. The van der Waals surface area contributed by atoms with Crippen LogP contribution in [0.1, 0.15) is 5.56 Å². The van der Waals surface area contributed by atoms with Gasteiger partial charge in [0.25, 0.3) is 6.17 Å². The summed E-state index contributed by atoms with van der Waals surface area (Å²) in [5.74, 6) is -7.25. The molecule has 3 nitrogen and oxygen atoms in total. The number of ether oxygens (including phenoxy) is 1. The molecule has 0 aliphatic carbocycles. The van der Waals surface area contributed by atoms with Gasteiger partial charge in [-0.2, -0.15) is 22.0 Å². The van der Waals surface area contributed by atoms with Crippen molar-refractivity contribution in [3.8, 4) is 5.75 Å². The molecule has 1 aromatic carbocycles. The lowest BCUT2D eigenvalue weighted by atomic mass is 10.1. The molecule has 0 aliphatic rings. The van der Waals surface area contributed by atoms with Gasteiger partial charge in [0, 0.05) is 0 Å². The lowest BCUT2D eigenvalue weighted by Crippen LogP contribution is -2.46. The fraction of sp³-hybridized carbons (Fsp3) is 0.364. The van der Waals surface area contributed by atoms with Crippen LogP contribution in [0.2, 0.25) is 0 Å². The number of hydrogen-bond donors (Lipinski definition) is 1. The van der Waals surface area contributed by atoms with Crippen molar-refractivity contribution in [3.05, 3.63) is 29.3 Å². The van der Waals surface area contributed by atoms with Gasteiger partial charge >= 0.3 is 18.3 Å².